The third-order valence-corrected chi connectivity index (χ3v) is 8.06. The second kappa shape index (κ2) is 8.97. The highest BCUT2D eigenvalue weighted by Gasteiger charge is 2.34. The fourth-order valence-corrected chi connectivity index (χ4v) is 6.04. The van der Waals surface area contributed by atoms with Crippen LogP contribution in [-0.4, -0.2) is 42.6 Å². The van der Waals surface area contributed by atoms with Crippen LogP contribution < -0.4 is 0 Å². The number of hydrazone groups is 1. The SMILES string of the molecule is Cc1cccc(C)c1-n1nnnc1SCC(=O)N1N=C(c2cccs2)CC1c1cccs1. The van der Waals surface area contributed by atoms with E-state index in [4.69, 9.17) is 5.10 Å². The van der Waals surface area contributed by atoms with Crippen molar-refractivity contribution in [2.24, 2.45) is 5.10 Å². The number of benzene rings is 1. The lowest BCUT2D eigenvalue weighted by atomic mass is 10.1. The minimum absolute atomic E-state index is 0.0592. The van der Waals surface area contributed by atoms with Crippen LogP contribution in [0.4, 0.5) is 0 Å². The van der Waals surface area contributed by atoms with Crippen LogP contribution in [0.15, 0.2) is 63.5 Å². The molecule has 0 radical (unpaired) electrons. The molecule has 0 fully saturated rings. The van der Waals surface area contributed by atoms with Gasteiger partial charge in [0, 0.05) is 11.3 Å². The van der Waals surface area contributed by atoms with Crippen LogP contribution in [0.2, 0.25) is 0 Å². The second-order valence-electron chi connectivity index (χ2n) is 7.40. The summed E-state index contributed by atoms with van der Waals surface area (Å²) in [4.78, 5) is 15.5. The van der Waals surface area contributed by atoms with E-state index in [-0.39, 0.29) is 17.7 Å². The Morgan fingerprint density at radius 3 is 2.59 bits per heavy atom. The van der Waals surface area contributed by atoms with Crippen molar-refractivity contribution < 1.29 is 4.79 Å². The van der Waals surface area contributed by atoms with Gasteiger partial charge in [0.1, 0.15) is 0 Å². The number of thioether (sulfide) groups is 1. The van der Waals surface area contributed by atoms with Gasteiger partial charge < -0.3 is 0 Å². The van der Waals surface area contributed by atoms with Crippen molar-refractivity contribution in [2.75, 3.05) is 5.75 Å². The molecule has 0 N–H and O–H groups in total. The van der Waals surface area contributed by atoms with E-state index in [1.165, 1.54) is 11.8 Å². The van der Waals surface area contributed by atoms with Crippen molar-refractivity contribution in [3.63, 3.8) is 0 Å². The number of hydrogen-bond acceptors (Lipinski definition) is 8. The van der Waals surface area contributed by atoms with Crippen molar-refractivity contribution in [2.45, 2.75) is 31.5 Å². The highest BCUT2D eigenvalue weighted by atomic mass is 32.2. The number of nitrogens with zero attached hydrogens (tertiary/aromatic N) is 6. The van der Waals surface area contributed by atoms with Crippen molar-refractivity contribution in [1.82, 2.24) is 25.2 Å². The van der Waals surface area contributed by atoms with Gasteiger partial charge in [-0.3, -0.25) is 4.79 Å². The zero-order chi connectivity index (χ0) is 22.1. The number of aromatic nitrogens is 4. The van der Waals surface area contributed by atoms with Crippen LogP contribution in [0.3, 0.4) is 0 Å². The van der Waals surface area contributed by atoms with Crippen LogP contribution in [-0.2, 0) is 4.79 Å². The van der Waals surface area contributed by atoms with E-state index in [1.54, 1.807) is 32.4 Å². The summed E-state index contributed by atoms with van der Waals surface area (Å²) in [6, 6.07) is 14.1. The van der Waals surface area contributed by atoms with E-state index in [9.17, 15) is 4.79 Å². The van der Waals surface area contributed by atoms with Crippen molar-refractivity contribution >= 4 is 46.1 Å². The molecule has 1 amide bonds. The van der Waals surface area contributed by atoms with E-state index in [0.717, 1.165) is 38.7 Å². The summed E-state index contributed by atoms with van der Waals surface area (Å²) in [6.07, 6.45) is 0.720. The molecule has 32 heavy (non-hydrogen) atoms. The van der Waals surface area contributed by atoms with Crippen molar-refractivity contribution in [1.29, 1.82) is 0 Å². The van der Waals surface area contributed by atoms with E-state index in [0.29, 0.717) is 5.16 Å². The summed E-state index contributed by atoms with van der Waals surface area (Å²) < 4.78 is 1.71. The zero-order valence-electron chi connectivity index (χ0n) is 17.5. The maximum Gasteiger partial charge on any atom is 0.253 e. The summed E-state index contributed by atoms with van der Waals surface area (Å²) in [7, 11) is 0. The number of amides is 1. The molecule has 162 valence electrons. The number of hydrogen-bond donors (Lipinski definition) is 0. The Balaban J connectivity index is 1.37. The molecular formula is C22H20N6OS3. The van der Waals surface area contributed by atoms with Gasteiger partial charge in [-0.15, -0.1) is 27.8 Å². The molecule has 1 aliphatic rings. The molecule has 5 rings (SSSR count). The summed E-state index contributed by atoms with van der Waals surface area (Å²) in [5, 5.41) is 23.2. The zero-order valence-corrected chi connectivity index (χ0v) is 20.0. The molecule has 0 spiro atoms. The molecule has 0 bridgehead atoms. The van der Waals surface area contributed by atoms with Crippen molar-refractivity contribution in [3.05, 3.63) is 74.1 Å². The number of thiophene rings is 2. The quantitative estimate of drug-likeness (QED) is 0.368. The number of carbonyl (C=O) groups is 1. The Kier molecular flexibility index (Phi) is 5.90. The van der Waals surface area contributed by atoms with E-state index in [1.807, 2.05) is 54.9 Å². The minimum Gasteiger partial charge on any atom is -0.272 e. The van der Waals surface area contributed by atoms with Gasteiger partial charge in [-0.25, -0.2) is 5.01 Å². The molecule has 1 unspecified atom stereocenters. The van der Waals surface area contributed by atoms with Gasteiger partial charge in [0.05, 0.1) is 28.1 Å². The Hall–Kier alpha value is -2.82. The summed E-state index contributed by atoms with van der Waals surface area (Å²) in [5.41, 5.74) is 4.06. The van der Waals surface area contributed by atoms with Crippen LogP contribution in [0.5, 0.6) is 0 Å². The monoisotopic (exact) mass is 480 g/mol. The number of carbonyl (C=O) groups excluding carboxylic acids is 1. The lowest BCUT2D eigenvalue weighted by Crippen LogP contribution is -2.28. The molecule has 10 heteroatoms. The molecule has 3 aromatic heterocycles. The van der Waals surface area contributed by atoms with Gasteiger partial charge in [-0.05, 0) is 58.3 Å². The fourth-order valence-electron chi connectivity index (χ4n) is 3.78. The van der Waals surface area contributed by atoms with E-state index in [2.05, 4.69) is 27.7 Å². The van der Waals surface area contributed by atoms with Crippen LogP contribution >= 0.6 is 34.4 Å². The van der Waals surface area contributed by atoms with Gasteiger partial charge in [0.25, 0.3) is 5.91 Å². The summed E-state index contributed by atoms with van der Waals surface area (Å²) >= 11 is 4.63. The van der Waals surface area contributed by atoms with Crippen LogP contribution in [0.1, 0.15) is 33.3 Å². The minimum atomic E-state index is -0.0743. The summed E-state index contributed by atoms with van der Waals surface area (Å²) in [5.74, 6) is 0.144. The molecule has 0 saturated heterocycles. The maximum atomic E-state index is 13.3. The standard InChI is InChI=1S/C22H20N6OS3/c1-14-6-3-7-15(2)21(14)28-22(23-25-26-28)32-13-20(29)27-17(19-9-5-11-31-19)12-16(24-27)18-8-4-10-30-18/h3-11,17H,12-13H2,1-2H3. The second-order valence-corrected chi connectivity index (χ2v) is 10.3. The number of tetrazole rings is 1. The first-order chi connectivity index (χ1) is 15.6. The predicted molar refractivity (Wildman–Crippen MR) is 129 cm³/mol. The third-order valence-electron chi connectivity index (χ3n) is 5.26. The molecular weight excluding hydrogens is 460 g/mol. The van der Waals surface area contributed by atoms with Crippen LogP contribution in [0.25, 0.3) is 5.69 Å². The lowest BCUT2D eigenvalue weighted by molar-refractivity contribution is -0.130. The topological polar surface area (TPSA) is 76.3 Å². The fraction of sp³-hybridized carbons (Fsp3) is 0.227. The maximum absolute atomic E-state index is 13.3. The first kappa shape index (κ1) is 21.0. The number of rotatable bonds is 6. The Morgan fingerprint density at radius 2 is 1.88 bits per heavy atom. The molecule has 0 aliphatic carbocycles. The predicted octanol–water partition coefficient (Wildman–Crippen LogP) is 4.87. The highest BCUT2D eigenvalue weighted by molar-refractivity contribution is 7.99. The molecule has 4 aromatic rings. The largest absolute Gasteiger partial charge is 0.272 e. The molecule has 1 aliphatic heterocycles. The Morgan fingerprint density at radius 1 is 1.09 bits per heavy atom. The van der Waals surface area contributed by atoms with Crippen molar-refractivity contribution in [3.8, 4) is 5.69 Å². The Labute approximate surface area is 197 Å². The highest BCUT2D eigenvalue weighted by Crippen LogP contribution is 2.36. The van der Waals surface area contributed by atoms with Gasteiger partial charge in [0.2, 0.25) is 5.16 Å². The molecule has 4 heterocycles. The first-order valence-electron chi connectivity index (χ1n) is 10.1. The Bertz CT molecular complexity index is 1240. The molecule has 7 nitrogen and oxygen atoms in total. The molecule has 1 atom stereocenters. The molecule has 1 aromatic carbocycles. The van der Waals surface area contributed by atoms with Gasteiger partial charge in [-0.2, -0.15) is 9.78 Å². The van der Waals surface area contributed by atoms with E-state index < -0.39 is 0 Å². The number of aryl methyl sites for hydroxylation is 2. The van der Waals surface area contributed by atoms with E-state index >= 15 is 0 Å². The van der Waals surface area contributed by atoms with Gasteiger partial charge in [-0.1, -0.05) is 42.1 Å². The number of para-hydroxylation sites is 1. The normalized spacial score (nSPS) is 15.9. The van der Waals surface area contributed by atoms with Gasteiger partial charge in [0.15, 0.2) is 0 Å². The lowest BCUT2D eigenvalue weighted by Gasteiger charge is -2.20. The van der Waals surface area contributed by atoms with Gasteiger partial charge >= 0.3 is 0 Å². The summed E-state index contributed by atoms with van der Waals surface area (Å²) in [6.45, 7) is 4.06. The van der Waals surface area contributed by atoms with Crippen LogP contribution in [0, 0.1) is 13.8 Å². The third kappa shape index (κ3) is 4.01. The smallest absolute Gasteiger partial charge is 0.253 e. The average molecular weight is 481 g/mol. The molecule has 0 saturated carbocycles. The first-order valence-corrected chi connectivity index (χ1v) is 12.8. The average Bonchev–Trinajstić information content (AvgIpc) is 3.58.